The number of hydrogen-bond acceptors (Lipinski definition) is 3. The fourth-order valence-corrected chi connectivity index (χ4v) is 3.84. The lowest BCUT2D eigenvalue weighted by Crippen LogP contribution is -2.49. The van der Waals surface area contributed by atoms with Crippen molar-refractivity contribution in [2.24, 2.45) is 5.92 Å². The molecule has 3 rings (SSSR count). The second kappa shape index (κ2) is 6.46. The molecule has 0 spiro atoms. The lowest BCUT2D eigenvalue weighted by Gasteiger charge is -2.37. The molecule has 1 N–H and O–H groups in total. The molecule has 24 heavy (non-hydrogen) atoms. The summed E-state index contributed by atoms with van der Waals surface area (Å²) in [6, 6.07) is 6.41. The van der Waals surface area contributed by atoms with Gasteiger partial charge in [0.05, 0.1) is 11.6 Å². The number of rotatable bonds is 3. The maximum atomic E-state index is 13.1. The summed E-state index contributed by atoms with van der Waals surface area (Å²) < 4.78 is 0. The Morgan fingerprint density at radius 3 is 2.79 bits per heavy atom. The third kappa shape index (κ3) is 3.12. The number of likely N-dealkylation sites (N-methyl/N-ethyl adjacent to an activating group) is 1. The Labute approximate surface area is 144 Å². The number of carbonyl (C=O) groups excluding carboxylic acids is 2. The molecule has 1 aromatic rings. The minimum Gasteiger partial charge on any atom is -0.382 e. The number of aryl methyl sites for hydroxylation is 1. The number of piperidine rings is 1. The highest BCUT2D eigenvalue weighted by molar-refractivity contribution is 6.00. The zero-order chi connectivity index (χ0) is 17.4. The van der Waals surface area contributed by atoms with Crippen LogP contribution in [0, 0.1) is 12.8 Å². The zero-order valence-electron chi connectivity index (χ0n) is 15.0. The van der Waals surface area contributed by atoms with Crippen LogP contribution in [0.1, 0.15) is 42.6 Å². The molecular formula is C19H27N3O2. The molecule has 0 saturated carbocycles. The standard InChI is InChI=1S/C19H27N3O2/c1-12(2)20-16-6-5-13(3)9-15(16)19(24)22-8-7-14-10-18(23)21(4)17(14)11-22/h5-6,9,12,14,17,20H,7-8,10-11H2,1-4H3/t14-,17-/m1/s1. The number of fused-ring (bicyclic) bond motifs is 1. The predicted molar refractivity (Wildman–Crippen MR) is 95.1 cm³/mol. The Kier molecular flexibility index (Phi) is 4.52. The van der Waals surface area contributed by atoms with Gasteiger partial charge in [0.25, 0.3) is 5.91 Å². The molecule has 2 fully saturated rings. The molecular weight excluding hydrogens is 302 g/mol. The van der Waals surface area contributed by atoms with Gasteiger partial charge < -0.3 is 15.1 Å². The third-order valence-corrected chi connectivity index (χ3v) is 5.19. The molecule has 2 amide bonds. The molecule has 0 bridgehead atoms. The van der Waals surface area contributed by atoms with Crippen LogP contribution in [0.15, 0.2) is 18.2 Å². The van der Waals surface area contributed by atoms with Crippen molar-refractivity contribution in [1.82, 2.24) is 9.80 Å². The van der Waals surface area contributed by atoms with E-state index in [1.165, 1.54) is 0 Å². The summed E-state index contributed by atoms with van der Waals surface area (Å²) in [5, 5.41) is 3.37. The third-order valence-electron chi connectivity index (χ3n) is 5.19. The number of amides is 2. The molecule has 2 aliphatic rings. The van der Waals surface area contributed by atoms with Gasteiger partial charge >= 0.3 is 0 Å². The van der Waals surface area contributed by atoms with E-state index in [9.17, 15) is 9.59 Å². The van der Waals surface area contributed by atoms with Crippen LogP contribution >= 0.6 is 0 Å². The Hall–Kier alpha value is -2.04. The van der Waals surface area contributed by atoms with E-state index in [0.717, 1.165) is 29.8 Å². The molecule has 0 aromatic heterocycles. The van der Waals surface area contributed by atoms with Gasteiger partial charge in [-0.3, -0.25) is 9.59 Å². The first-order valence-corrected chi connectivity index (χ1v) is 8.79. The largest absolute Gasteiger partial charge is 0.382 e. The van der Waals surface area contributed by atoms with E-state index < -0.39 is 0 Å². The molecule has 2 aliphatic heterocycles. The van der Waals surface area contributed by atoms with Gasteiger partial charge in [0.15, 0.2) is 0 Å². The van der Waals surface area contributed by atoms with E-state index in [2.05, 4.69) is 19.2 Å². The van der Waals surface area contributed by atoms with Gasteiger partial charge in [0, 0.05) is 38.3 Å². The topological polar surface area (TPSA) is 52.7 Å². The molecule has 130 valence electrons. The Bertz CT molecular complexity index is 656. The summed E-state index contributed by atoms with van der Waals surface area (Å²) in [4.78, 5) is 28.8. The number of hydrogen-bond donors (Lipinski definition) is 1. The molecule has 5 heteroatoms. The summed E-state index contributed by atoms with van der Waals surface area (Å²) >= 11 is 0. The highest BCUT2D eigenvalue weighted by Crippen LogP contribution is 2.32. The first-order valence-electron chi connectivity index (χ1n) is 8.79. The van der Waals surface area contributed by atoms with Crippen molar-refractivity contribution >= 4 is 17.5 Å². The van der Waals surface area contributed by atoms with Gasteiger partial charge in [-0.1, -0.05) is 11.6 Å². The maximum Gasteiger partial charge on any atom is 0.256 e. The van der Waals surface area contributed by atoms with E-state index in [1.807, 2.05) is 42.0 Å². The van der Waals surface area contributed by atoms with Gasteiger partial charge in [-0.2, -0.15) is 0 Å². The van der Waals surface area contributed by atoms with Crippen molar-refractivity contribution in [3.63, 3.8) is 0 Å². The fourth-order valence-electron chi connectivity index (χ4n) is 3.84. The van der Waals surface area contributed by atoms with Crippen LogP contribution in [0.5, 0.6) is 0 Å². The Morgan fingerprint density at radius 1 is 1.33 bits per heavy atom. The summed E-state index contributed by atoms with van der Waals surface area (Å²) in [5.74, 6) is 0.669. The first-order chi connectivity index (χ1) is 11.4. The summed E-state index contributed by atoms with van der Waals surface area (Å²) in [7, 11) is 1.86. The number of nitrogens with zero attached hydrogens (tertiary/aromatic N) is 2. The van der Waals surface area contributed by atoms with Crippen LogP contribution in [-0.2, 0) is 4.79 Å². The second-order valence-corrected chi connectivity index (χ2v) is 7.42. The molecule has 0 aliphatic carbocycles. The van der Waals surface area contributed by atoms with Crippen molar-refractivity contribution in [1.29, 1.82) is 0 Å². The van der Waals surface area contributed by atoms with Crippen LogP contribution in [0.4, 0.5) is 5.69 Å². The van der Waals surface area contributed by atoms with Crippen molar-refractivity contribution in [3.8, 4) is 0 Å². The maximum absolute atomic E-state index is 13.1. The molecule has 2 heterocycles. The van der Waals surface area contributed by atoms with E-state index in [1.54, 1.807) is 0 Å². The minimum absolute atomic E-state index is 0.0630. The van der Waals surface area contributed by atoms with Crippen molar-refractivity contribution < 1.29 is 9.59 Å². The smallest absolute Gasteiger partial charge is 0.256 e. The normalized spacial score (nSPS) is 23.6. The number of likely N-dealkylation sites (tertiary alicyclic amines) is 2. The van der Waals surface area contributed by atoms with Crippen LogP contribution in [0.3, 0.4) is 0 Å². The van der Waals surface area contributed by atoms with Gasteiger partial charge in [-0.05, 0) is 45.2 Å². The van der Waals surface area contributed by atoms with E-state index in [-0.39, 0.29) is 23.9 Å². The van der Waals surface area contributed by atoms with Gasteiger partial charge in [0.1, 0.15) is 0 Å². The monoisotopic (exact) mass is 329 g/mol. The molecule has 2 atom stereocenters. The van der Waals surface area contributed by atoms with E-state index in [4.69, 9.17) is 0 Å². The Morgan fingerprint density at radius 2 is 2.08 bits per heavy atom. The fraction of sp³-hybridized carbons (Fsp3) is 0.579. The highest BCUT2D eigenvalue weighted by atomic mass is 16.2. The van der Waals surface area contributed by atoms with Crippen LogP contribution in [0.2, 0.25) is 0 Å². The van der Waals surface area contributed by atoms with Crippen LogP contribution < -0.4 is 5.32 Å². The van der Waals surface area contributed by atoms with E-state index >= 15 is 0 Å². The lowest BCUT2D eigenvalue weighted by molar-refractivity contribution is -0.127. The Balaban J connectivity index is 1.82. The van der Waals surface area contributed by atoms with Crippen molar-refractivity contribution in [2.75, 3.05) is 25.5 Å². The summed E-state index contributed by atoms with van der Waals surface area (Å²) in [5.41, 5.74) is 2.70. The molecule has 5 nitrogen and oxygen atoms in total. The summed E-state index contributed by atoms with van der Waals surface area (Å²) in [6.45, 7) is 7.51. The molecule has 0 unspecified atom stereocenters. The van der Waals surface area contributed by atoms with Gasteiger partial charge in [-0.15, -0.1) is 0 Å². The SMILES string of the molecule is Cc1ccc(NC(C)C)c(C(=O)N2CC[C@@H]3CC(=O)N(C)[C@@H]3C2)c1. The quantitative estimate of drug-likeness (QED) is 0.927. The summed E-state index contributed by atoms with van der Waals surface area (Å²) in [6.07, 6.45) is 1.54. The van der Waals surface area contributed by atoms with Gasteiger partial charge in [-0.25, -0.2) is 0 Å². The average Bonchev–Trinajstić information content (AvgIpc) is 2.82. The van der Waals surface area contributed by atoms with Crippen molar-refractivity contribution in [3.05, 3.63) is 29.3 Å². The minimum atomic E-state index is 0.0630. The molecule has 0 radical (unpaired) electrons. The number of carbonyl (C=O) groups is 2. The second-order valence-electron chi connectivity index (χ2n) is 7.42. The number of nitrogens with one attached hydrogen (secondary N) is 1. The van der Waals surface area contributed by atoms with Crippen LogP contribution in [-0.4, -0.2) is 53.8 Å². The van der Waals surface area contributed by atoms with Crippen molar-refractivity contribution in [2.45, 2.75) is 45.7 Å². The number of benzene rings is 1. The van der Waals surface area contributed by atoms with Gasteiger partial charge in [0.2, 0.25) is 5.91 Å². The lowest BCUT2D eigenvalue weighted by atomic mass is 9.91. The first kappa shape index (κ1) is 16.8. The average molecular weight is 329 g/mol. The zero-order valence-corrected chi connectivity index (χ0v) is 15.0. The predicted octanol–water partition coefficient (Wildman–Crippen LogP) is 2.51. The highest BCUT2D eigenvalue weighted by Gasteiger charge is 2.42. The van der Waals surface area contributed by atoms with Crippen LogP contribution in [0.25, 0.3) is 0 Å². The molecule has 1 aromatic carbocycles. The van der Waals surface area contributed by atoms with E-state index in [0.29, 0.717) is 18.9 Å². The molecule has 2 saturated heterocycles. The number of anilines is 1.